The SMILES string of the molecule is CCC(C)NC(=S)N/N=C/C=N/NC(=S)NC(C)CC. The molecule has 4 N–H and O–H groups in total. The Morgan fingerprint density at radius 2 is 1.25 bits per heavy atom. The van der Waals surface area contributed by atoms with Crippen molar-refractivity contribution in [1.29, 1.82) is 0 Å². The summed E-state index contributed by atoms with van der Waals surface area (Å²) in [5, 5.41) is 14.9. The zero-order chi connectivity index (χ0) is 15.4. The van der Waals surface area contributed by atoms with Gasteiger partial charge in [-0.1, -0.05) is 13.8 Å². The van der Waals surface area contributed by atoms with Crippen molar-refractivity contribution in [3.63, 3.8) is 0 Å². The van der Waals surface area contributed by atoms with E-state index in [4.69, 9.17) is 24.4 Å². The van der Waals surface area contributed by atoms with E-state index in [1.54, 1.807) is 0 Å². The fourth-order valence-corrected chi connectivity index (χ4v) is 1.48. The van der Waals surface area contributed by atoms with Crippen LogP contribution < -0.4 is 21.5 Å². The predicted octanol–water partition coefficient (Wildman–Crippen LogP) is 1.48. The number of hydrogen-bond acceptors (Lipinski definition) is 4. The maximum atomic E-state index is 5.05. The van der Waals surface area contributed by atoms with Gasteiger partial charge in [-0.15, -0.1) is 0 Å². The van der Waals surface area contributed by atoms with Crippen LogP contribution >= 0.6 is 24.4 Å². The molecule has 0 aromatic heterocycles. The Morgan fingerprint density at radius 1 is 0.900 bits per heavy atom. The average molecular weight is 317 g/mol. The van der Waals surface area contributed by atoms with Gasteiger partial charge in [-0.25, -0.2) is 0 Å². The first-order valence-electron chi connectivity index (χ1n) is 6.67. The molecule has 2 atom stereocenters. The van der Waals surface area contributed by atoms with E-state index >= 15 is 0 Å². The predicted molar refractivity (Wildman–Crippen MR) is 94.2 cm³/mol. The van der Waals surface area contributed by atoms with Crippen molar-refractivity contribution < 1.29 is 0 Å². The molecule has 0 aliphatic carbocycles. The zero-order valence-electron chi connectivity index (χ0n) is 12.4. The summed E-state index contributed by atoms with van der Waals surface area (Å²) in [6, 6.07) is 0.647. The minimum atomic E-state index is 0.324. The third-order valence-electron chi connectivity index (χ3n) is 2.53. The Hall–Kier alpha value is -1.28. The Bertz CT molecular complexity index is 322. The van der Waals surface area contributed by atoms with E-state index in [9.17, 15) is 0 Å². The van der Waals surface area contributed by atoms with E-state index in [1.165, 1.54) is 12.4 Å². The third-order valence-corrected chi connectivity index (χ3v) is 2.95. The third kappa shape index (κ3) is 10.6. The Kier molecular flexibility index (Phi) is 10.8. The van der Waals surface area contributed by atoms with Crippen molar-refractivity contribution in [3.05, 3.63) is 0 Å². The van der Waals surface area contributed by atoms with Crippen LogP contribution in [0, 0.1) is 0 Å². The van der Waals surface area contributed by atoms with Crippen LogP contribution in [0.1, 0.15) is 40.5 Å². The van der Waals surface area contributed by atoms with Crippen LogP contribution in [0.3, 0.4) is 0 Å². The van der Waals surface area contributed by atoms with Gasteiger partial charge in [-0.05, 0) is 51.1 Å². The molecule has 0 bridgehead atoms. The lowest BCUT2D eigenvalue weighted by Gasteiger charge is -2.12. The molecule has 6 nitrogen and oxygen atoms in total. The molecule has 0 saturated carbocycles. The second-order valence-electron chi connectivity index (χ2n) is 4.35. The lowest BCUT2D eigenvalue weighted by Crippen LogP contribution is -2.38. The van der Waals surface area contributed by atoms with E-state index in [0.717, 1.165) is 12.8 Å². The van der Waals surface area contributed by atoms with E-state index in [-0.39, 0.29) is 0 Å². The van der Waals surface area contributed by atoms with Gasteiger partial charge in [0, 0.05) is 12.1 Å². The Morgan fingerprint density at radius 3 is 1.55 bits per heavy atom. The minimum Gasteiger partial charge on any atom is -0.359 e. The quantitative estimate of drug-likeness (QED) is 0.324. The molecule has 0 heterocycles. The van der Waals surface area contributed by atoms with Crippen molar-refractivity contribution in [3.8, 4) is 0 Å². The highest BCUT2D eigenvalue weighted by molar-refractivity contribution is 7.80. The molecule has 0 saturated heterocycles. The lowest BCUT2D eigenvalue weighted by molar-refractivity contribution is 0.634. The normalized spacial score (nSPS) is 14.0. The molecule has 0 amide bonds. The van der Waals surface area contributed by atoms with Crippen LogP contribution in [0.2, 0.25) is 0 Å². The molecule has 0 radical (unpaired) electrons. The summed E-state index contributed by atoms with van der Waals surface area (Å²) in [5.74, 6) is 0. The summed E-state index contributed by atoms with van der Waals surface area (Å²) in [6.45, 7) is 8.26. The highest BCUT2D eigenvalue weighted by Crippen LogP contribution is 1.87. The number of thiocarbonyl (C=S) groups is 2. The molecule has 20 heavy (non-hydrogen) atoms. The van der Waals surface area contributed by atoms with E-state index in [1.807, 2.05) is 13.8 Å². The van der Waals surface area contributed by atoms with Gasteiger partial charge in [0.2, 0.25) is 0 Å². The average Bonchev–Trinajstić information content (AvgIpc) is 2.42. The molecule has 0 aromatic rings. The Labute approximate surface area is 131 Å². The molecule has 0 aliphatic rings. The summed E-state index contributed by atoms with van der Waals surface area (Å²) in [5.41, 5.74) is 5.40. The van der Waals surface area contributed by atoms with Crippen molar-refractivity contribution >= 4 is 47.1 Å². The zero-order valence-corrected chi connectivity index (χ0v) is 14.1. The summed E-state index contributed by atoms with van der Waals surface area (Å²) < 4.78 is 0. The minimum absolute atomic E-state index is 0.324. The summed E-state index contributed by atoms with van der Waals surface area (Å²) >= 11 is 10.1. The van der Waals surface area contributed by atoms with Gasteiger partial charge in [-0.2, -0.15) is 10.2 Å². The number of hydrazone groups is 2. The molecular weight excluding hydrogens is 292 g/mol. The van der Waals surface area contributed by atoms with Gasteiger partial charge in [0.15, 0.2) is 10.2 Å². The van der Waals surface area contributed by atoms with Gasteiger partial charge >= 0.3 is 0 Å². The van der Waals surface area contributed by atoms with Crippen LogP contribution in [0.4, 0.5) is 0 Å². The highest BCUT2D eigenvalue weighted by atomic mass is 32.1. The van der Waals surface area contributed by atoms with Gasteiger partial charge in [-0.3, -0.25) is 10.9 Å². The molecule has 0 aliphatic heterocycles. The first-order chi connectivity index (χ1) is 9.49. The highest BCUT2D eigenvalue weighted by Gasteiger charge is 1.99. The van der Waals surface area contributed by atoms with Gasteiger partial charge in [0.05, 0.1) is 12.4 Å². The molecule has 0 spiro atoms. The van der Waals surface area contributed by atoms with Gasteiger partial charge < -0.3 is 10.6 Å². The molecule has 0 rings (SSSR count). The number of hydrogen-bond donors (Lipinski definition) is 4. The maximum Gasteiger partial charge on any atom is 0.187 e. The van der Waals surface area contributed by atoms with Crippen LogP contribution in [-0.4, -0.2) is 34.7 Å². The lowest BCUT2D eigenvalue weighted by atomic mass is 10.3. The summed E-state index contributed by atoms with van der Waals surface area (Å²) in [6.07, 6.45) is 4.97. The monoisotopic (exact) mass is 316 g/mol. The van der Waals surface area contributed by atoms with Crippen molar-refractivity contribution in [2.75, 3.05) is 0 Å². The van der Waals surface area contributed by atoms with E-state index in [2.05, 4.69) is 45.5 Å². The van der Waals surface area contributed by atoms with Crippen LogP contribution in [0.5, 0.6) is 0 Å². The van der Waals surface area contributed by atoms with Crippen LogP contribution in [-0.2, 0) is 0 Å². The second-order valence-corrected chi connectivity index (χ2v) is 5.16. The van der Waals surface area contributed by atoms with Crippen molar-refractivity contribution in [2.45, 2.75) is 52.6 Å². The van der Waals surface area contributed by atoms with Crippen molar-refractivity contribution in [1.82, 2.24) is 21.5 Å². The first kappa shape index (κ1) is 18.7. The standard InChI is InChI=1S/C12H24N6S2/c1-5-9(3)15-11(19)17-13-7-8-14-18-12(20)16-10(4)6-2/h7-10H,5-6H2,1-4H3,(H2,15,17,19)(H2,16,18,20)/b13-7+,14-8+. The fourth-order valence-electron chi connectivity index (χ4n) is 0.975. The molecule has 114 valence electrons. The fraction of sp³-hybridized carbons (Fsp3) is 0.667. The van der Waals surface area contributed by atoms with Gasteiger partial charge in [0.1, 0.15) is 0 Å². The van der Waals surface area contributed by atoms with Gasteiger partial charge in [0.25, 0.3) is 0 Å². The van der Waals surface area contributed by atoms with E-state index < -0.39 is 0 Å². The van der Waals surface area contributed by atoms with E-state index in [0.29, 0.717) is 22.3 Å². The Balaban J connectivity index is 3.81. The number of nitrogens with zero attached hydrogens (tertiary/aromatic N) is 2. The smallest absolute Gasteiger partial charge is 0.187 e. The van der Waals surface area contributed by atoms with Crippen LogP contribution in [0.15, 0.2) is 10.2 Å². The molecule has 0 fully saturated rings. The maximum absolute atomic E-state index is 5.05. The van der Waals surface area contributed by atoms with Crippen LogP contribution in [0.25, 0.3) is 0 Å². The largest absolute Gasteiger partial charge is 0.359 e. The molecule has 0 aromatic carbocycles. The first-order valence-corrected chi connectivity index (χ1v) is 7.48. The second kappa shape index (κ2) is 11.5. The molecular formula is C12H24N6S2. The summed E-state index contributed by atoms with van der Waals surface area (Å²) in [4.78, 5) is 0. The topological polar surface area (TPSA) is 72.8 Å². The summed E-state index contributed by atoms with van der Waals surface area (Å²) in [7, 11) is 0. The molecule has 2 unspecified atom stereocenters. The number of nitrogens with one attached hydrogen (secondary N) is 4. The number of rotatable bonds is 7. The van der Waals surface area contributed by atoms with Crippen molar-refractivity contribution in [2.24, 2.45) is 10.2 Å². The molecule has 8 heteroatoms.